The highest BCUT2D eigenvalue weighted by atomic mass is 79.9. The third-order valence-electron chi connectivity index (χ3n) is 1.06. The van der Waals surface area contributed by atoms with Gasteiger partial charge in [-0.2, -0.15) is 0 Å². The number of amides is 1. The Bertz CT molecular complexity index is 176. The van der Waals surface area contributed by atoms with Crippen LogP contribution in [0.2, 0.25) is 0 Å². The molecule has 0 fully saturated rings. The fraction of sp³-hybridized carbons (Fsp3) is 0.400. The lowest BCUT2D eigenvalue weighted by Gasteiger charge is -2.11. The average molecular weight is 255 g/mol. The molecule has 50 valence electrons. The van der Waals surface area contributed by atoms with Crippen molar-refractivity contribution in [2.24, 2.45) is 0 Å². The van der Waals surface area contributed by atoms with E-state index in [0.29, 0.717) is 6.42 Å². The molecule has 0 aromatic rings. The van der Waals surface area contributed by atoms with E-state index in [1.165, 1.54) is 0 Å². The van der Waals surface area contributed by atoms with E-state index in [1.54, 1.807) is 0 Å². The molecule has 0 aromatic carbocycles. The second-order valence-electron chi connectivity index (χ2n) is 1.77. The zero-order chi connectivity index (χ0) is 6.85. The van der Waals surface area contributed by atoms with Gasteiger partial charge in [0.05, 0.1) is 4.61 Å². The van der Waals surface area contributed by atoms with E-state index in [2.05, 4.69) is 37.2 Å². The van der Waals surface area contributed by atoms with E-state index < -0.39 is 0 Å². The molecule has 1 N–H and O–H groups in total. The van der Waals surface area contributed by atoms with E-state index in [9.17, 15) is 4.79 Å². The molecule has 0 saturated heterocycles. The van der Waals surface area contributed by atoms with E-state index in [0.717, 1.165) is 15.5 Å². The maximum atomic E-state index is 10.6. The minimum Gasteiger partial charge on any atom is -0.320 e. The Hall–Kier alpha value is 0.170. The standard InChI is InChI=1S/C5H5Br2NO/c6-3-1-2-4(9)8-5(3)7/h1-2H2,(H,8,9). The molecule has 0 unspecified atom stereocenters. The summed E-state index contributed by atoms with van der Waals surface area (Å²) in [6, 6.07) is 0. The SMILES string of the molecule is O=C1CCC(Br)=C(Br)N1. The van der Waals surface area contributed by atoms with Gasteiger partial charge in [-0.1, -0.05) is 15.9 Å². The number of carbonyl (C=O) groups excluding carboxylic acids is 1. The molecule has 4 heteroatoms. The van der Waals surface area contributed by atoms with Crippen molar-refractivity contribution in [3.8, 4) is 0 Å². The summed E-state index contributed by atoms with van der Waals surface area (Å²) in [5.74, 6) is 0.0741. The third-order valence-corrected chi connectivity index (χ3v) is 3.06. The van der Waals surface area contributed by atoms with Crippen LogP contribution in [0.5, 0.6) is 0 Å². The zero-order valence-corrected chi connectivity index (χ0v) is 7.75. The quantitative estimate of drug-likeness (QED) is 0.657. The number of rotatable bonds is 0. The normalized spacial score (nSPS) is 20.0. The first kappa shape index (κ1) is 7.28. The summed E-state index contributed by atoms with van der Waals surface area (Å²) in [6.07, 6.45) is 1.38. The summed E-state index contributed by atoms with van der Waals surface area (Å²) < 4.78 is 1.79. The number of nitrogens with one attached hydrogen (secondary N) is 1. The molecule has 9 heavy (non-hydrogen) atoms. The zero-order valence-electron chi connectivity index (χ0n) is 4.58. The molecule has 0 atom stereocenters. The lowest BCUT2D eigenvalue weighted by Crippen LogP contribution is -2.23. The number of carbonyl (C=O) groups is 1. The van der Waals surface area contributed by atoms with Crippen LogP contribution >= 0.6 is 31.9 Å². The number of halogens is 2. The van der Waals surface area contributed by atoms with Gasteiger partial charge < -0.3 is 5.32 Å². The Morgan fingerprint density at radius 1 is 1.33 bits per heavy atom. The molecule has 0 radical (unpaired) electrons. The van der Waals surface area contributed by atoms with Crippen molar-refractivity contribution in [3.63, 3.8) is 0 Å². The van der Waals surface area contributed by atoms with Crippen LogP contribution in [-0.2, 0) is 4.79 Å². The predicted octanol–water partition coefficient (Wildman–Crippen LogP) is 1.86. The number of hydrogen-bond donors (Lipinski definition) is 1. The van der Waals surface area contributed by atoms with Gasteiger partial charge in [0, 0.05) is 10.9 Å². The molecule has 0 bridgehead atoms. The first-order valence-corrected chi connectivity index (χ1v) is 4.13. The molecule has 0 aliphatic carbocycles. The van der Waals surface area contributed by atoms with Crippen molar-refractivity contribution in [1.29, 1.82) is 0 Å². The van der Waals surface area contributed by atoms with Crippen LogP contribution in [0.1, 0.15) is 12.8 Å². The van der Waals surface area contributed by atoms with Crippen molar-refractivity contribution in [3.05, 3.63) is 9.09 Å². The van der Waals surface area contributed by atoms with Crippen LogP contribution in [0.4, 0.5) is 0 Å². The van der Waals surface area contributed by atoms with Gasteiger partial charge in [-0.05, 0) is 22.4 Å². The average Bonchev–Trinajstić information content (AvgIpc) is 1.80. The Kier molecular flexibility index (Phi) is 2.29. The van der Waals surface area contributed by atoms with Crippen LogP contribution in [0.15, 0.2) is 9.09 Å². The van der Waals surface area contributed by atoms with Gasteiger partial charge in [0.2, 0.25) is 5.91 Å². The summed E-state index contributed by atoms with van der Waals surface area (Å²) >= 11 is 6.49. The third kappa shape index (κ3) is 1.79. The fourth-order valence-corrected chi connectivity index (χ4v) is 1.30. The summed E-state index contributed by atoms with van der Waals surface area (Å²) in [6.45, 7) is 0. The summed E-state index contributed by atoms with van der Waals surface area (Å²) in [7, 11) is 0. The fourth-order valence-electron chi connectivity index (χ4n) is 0.586. The van der Waals surface area contributed by atoms with Crippen LogP contribution in [0, 0.1) is 0 Å². The molecular formula is C5H5Br2NO. The van der Waals surface area contributed by atoms with Crippen molar-refractivity contribution in [2.45, 2.75) is 12.8 Å². The highest BCUT2D eigenvalue weighted by molar-refractivity contribution is 9.14. The largest absolute Gasteiger partial charge is 0.320 e. The van der Waals surface area contributed by atoms with Crippen molar-refractivity contribution >= 4 is 37.8 Å². The molecule has 2 nitrogen and oxygen atoms in total. The van der Waals surface area contributed by atoms with E-state index in [1.807, 2.05) is 0 Å². The van der Waals surface area contributed by atoms with E-state index in [-0.39, 0.29) is 5.91 Å². The Morgan fingerprint density at radius 2 is 2.00 bits per heavy atom. The Balaban J connectivity index is 2.72. The number of hydrogen-bond acceptors (Lipinski definition) is 1. The first-order valence-electron chi connectivity index (χ1n) is 2.54. The highest BCUT2D eigenvalue weighted by Crippen LogP contribution is 2.23. The van der Waals surface area contributed by atoms with Gasteiger partial charge in [-0.15, -0.1) is 0 Å². The summed E-state index contributed by atoms with van der Waals surface area (Å²) in [5.41, 5.74) is 0. The van der Waals surface area contributed by atoms with Gasteiger partial charge in [-0.3, -0.25) is 4.79 Å². The smallest absolute Gasteiger partial charge is 0.225 e. The highest BCUT2D eigenvalue weighted by Gasteiger charge is 2.12. The van der Waals surface area contributed by atoms with Gasteiger partial charge in [-0.25, -0.2) is 0 Å². The second kappa shape index (κ2) is 2.84. The van der Waals surface area contributed by atoms with Crippen LogP contribution in [0.3, 0.4) is 0 Å². The lowest BCUT2D eigenvalue weighted by atomic mass is 10.2. The molecule has 0 spiro atoms. The molecule has 1 heterocycles. The number of allylic oxidation sites excluding steroid dienone is 1. The topological polar surface area (TPSA) is 29.1 Å². The summed E-state index contributed by atoms with van der Waals surface area (Å²) in [4.78, 5) is 10.6. The van der Waals surface area contributed by atoms with Crippen LogP contribution in [-0.4, -0.2) is 5.91 Å². The monoisotopic (exact) mass is 253 g/mol. The molecule has 1 amide bonds. The minimum atomic E-state index is 0.0741. The molecule has 1 aliphatic rings. The minimum absolute atomic E-state index is 0.0741. The van der Waals surface area contributed by atoms with Crippen molar-refractivity contribution < 1.29 is 4.79 Å². The van der Waals surface area contributed by atoms with Gasteiger partial charge in [0.15, 0.2) is 0 Å². The maximum absolute atomic E-state index is 10.6. The molecule has 1 rings (SSSR count). The first-order chi connectivity index (χ1) is 4.20. The van der Waals surface area contributed by atoms with Crippen molar-refractivity contribution in [1.82, 2.24) is 5.32 Å². The van der Waals surface area contributed by atoms with Crippen molar-refractivity contribution in [2.75, 3.05) is 0 Å². The molecule has 0 saturated carbocycles. The Morgan fingerprint density at radius 3 is 2.44 bits per heavy atom. The molecule has 0 aromatic heterocycles. The predicted molar refractivity (Wildman–Crippen MR) is 42.3 cm³/mol. The van der Waals surface area contributed by atoms with Crippen LogP contribution < -0.4 is 5.32 Å². The Labute approximate surface area is 70.0 Å². The van der Waals surface area contributed by atoms with Gasteiger partial charge in [0.1, 0.15) is 0 Å². The summed E-state index contributed by atoms with van der Waals surface area (Å²) in [5, 5.41) is 2.64. The van der Waals surface area contributed by atoms with Gasteiger partial charge in [0.25, 0.3) is 0 Å². The van der Waals surface area contributed by atoms with Crippen LogP contribution in [0.25, 0.3) is 0 Å². The van der Waals surface area contributed by atoms with E-state index in [4.69, 9.17) is 0 Å². The van der Waals surface area contributed by atoms with E-state index >= 15 is 0 Å². The maximum Gasteiger partial charge on any atom is 0.225 e. The lowest BCUT2D eigenvalue weighted by molar-refractivity contribution is -0.120. The molecular weight excluding hydrogens is 250 g/mol. The van der Waals surface area contributed by atoms with Gasteiger partial charge >= 0.3 is 0 Å². The molecule has 1 aliphatic heterocycles. The second-order valence-corrected chi connectivity index (χ2v) is 3.52.